The fourth-order valence-corrected chi connectivity index (χ4v) is 5.05. The molecule has 2 atom stereocenters. The number of sulfonamides is 1. The molecule has 2 unspecified atom stereocenters. The monoisotopic (exact) mass is 296 g/mol. The first-order chi connectivity index (χ1) is 9.37. The van der Waals surface area contributed by atoms with Crippen LogP contribution in [0.15, 0.2) is 23.1 Å². The Bertz CT molecular complexity index is 584. The van der Waals surface area contributed by atoms with E-state index in [1.807, 2.05) is 26.0 Å². The Labute approximate surface area is 122 Å². The lowest BCUT2D eigenvalue weighted by Crippen LogP contribution is -2.51. The minimum absolute atomic E-state index is 0.0892. The molecule has 1 aromatic rings. The number of rotatable bonds is 3. The average molecular weight is 296 g/mol. The molecule has 0 bridgehead atoms. The Balaban J connectivity index is 2.45. The van der Waals surface area contributed by atoms with Crippen LogP contribution in [0.1, 0.15) is 30.9 Å². The van der Waals surface area contributed by atoms with Crippen molar-refractivity contribution in [3.63, 3.8) is 0 Å². The van der Waals surface area contributed by atoms with Crippen LogP contribution in [0.2, 0.25) is 0 Å². The fourth-order valence-electron chi connectivity index (χ4n) is 2.97. The lowest BCUT2D eigenvalue weighted by atomic mass is 9.93. The molecule has 1 aromatic carbocycles. The maximum absolute atomic E-state index is 12.9. The summed E-state index contributed by atoms with van der Waals surface area (Å²) in [6, 6.07) is 5.48. The summed E-state index contributed by atoms with van der Waals surface area (Å²) in [5.41, 5.74) is 7.58. The molecule has 4 nitrogen and oxygen atoms in total. The molecule has 5 heteroatoms. The number of nitrogens with zero attached hydrogens (tertiary/aromatic N) is 1. The van der Waals surface area contributed by atoms with E-state index in [-0.39, 0.29) is 6.04 Å². The van der Waals surface area contributed by atoms with Gasteiger partial charge in [0.2, 0.25) is 10.0 Å². The van der Waals surface area contributed by atoms with E-state index >= 15 is 0 Å². The molecule has 0 radical (unpaired) electrons. The highest BCUT2D eigenvalue weighted by molar-refractivity contribution is 7.89. The van der Waals surface area contributed by atoms with E-state index in [4.69, 9.17) is 5.73 Å². The molecule has 2 N–H and O–H groups in total. The van der Waals surface area contributed by atoms with Gasteiger partial charge in [-0.2, -0.15) is 4.31 Å². The summed E-state index contributed by atoms with van der Waals surface area (Å²) in [5.74, 6) is 0.314. The lowest BCUT2D eigenvalue weighted by Gasteiger charge is -2.38. The van der Waals surface area contributed by atoms with Gasteiger partial charge in [-0.3, -0.25) is 0 Å². The van der Waals surface area contributed by atoms with Crippen molar-refractivity contribution in [2.75, 3.05) is 13.1 Å². The number of hydrogen-bond acceptors (Lipinski definition) is 3. The number of nitrogens with two attached hydrogens (primary N) is 1. The third-order valence-corrected chi connectivity index (χ3v) is 6.30. The van der Waals surface area contributed by atoms with Crippen LogP contribution in [0.3, 0.4) is 0 Å². The van der Waals surface area contributed by atoms with Crippen molar-refractivity contribution >= 4 is 10.0 Å². The normalized spacial score (nSPS) is 24.8. The molecule has 20 heavy (non-hydrogen) atoms. The summed E-state index contributed by atoms with van der Waals surface area (Å²) in [7, 11) is -3.46. The van der Waals surface area contributed by atoms with E-state index in [0.717, 1.165) is 24.0 Å². The van der Waals surface area contributed by atoms with E-state index < -0.39 is 10.0 Å². The predicted octanol–water partition coefficient (Wildman–Crippen LogP) is 2.05. The second-order valence-electron chi connectivity index (χ2n) is 5.81. The maximum atomic E-state index is 12.9. The highest BCUT2D eigenvalue weighted by Crippen LogP contribution is 2.30. The van der Waals surface area contributed by atoms with Gasteiger partial charge in [-0.05, 0) is 49.8 Å². The van der Waals surface area contributed by atoms with Crippen molar-refractivity contribution in [1.29, 1.82) is 0 Å². The summed E-state index contributed by atoms with van der Waals surface area (Å²) in [6.07, 6.45) is 1.95. The highest BCUT2D eigenvalue weighted by atomic mass is 32.2. The molecule has 0 saturated carbocycles. The average Bonchev–Trinajstić information content (AvgIpc) is 2.41. The minimum Gasteiger partial charge on any atom is -0.329 e. The Morgan fingerprint density at radius 2 is 2.05 bits per heavy atom. The van der Waals surface area contributed by atoms with Gasteiger partial charge < -0.3 is 5.73 Å². The van der Waals surface area contributed by atoms with Crippen LogP contribution in [0, 0.1) is 19.8 Å². The van der Waals surface area contributed by atoms with Gasteiger partial charge in [-0.25, -0.2) is 8.42 Å². The molecule has 0 aliphatic carbocycles. The van der Waals surface area contributed by atoms with Crippen molar-refractivity contribution < 1.29 is 8.42 Å². The predicted molar refractivity (Wildman–Crippen MR) is 81.0 cm³/mol. The summed E-state index contributed by atoms with van der Waals surface area (Å²) >= 11 is 0. The summed E-state index contributed by atoms with van der Waals surface area (Å²) in [6.45, 7) is 6.80. The number of piperidine rings is 1. The largest absolute Gasteiger partial charge is 0.329 e. The fraction of sp³-hybridized carbons (Fsp3) is 0.600. The van der Waals surface area contributed by atoms with Gasteiger partial charge >= 0.3 is 0 Å². The standard InChI is InChI=1S/C15H24N2O2S/c1-11-6-7-13(3)15(9-11)20(18,19)17-8-4-5-12(2)14(17)10-16/h6-7,9,12,14H,4-5,8,10,16H2,1-3H3. The highest BCUT2D eigenvalue weighted by Gasteiger charge is 2.36. The Morgan fingerprint density at radius 1 is 1.35 bits per heavy atom. The van der Waals surface area contributed by atoms with Crippen LogP contribution in [-0.4, -0.2) is 31.9 Å². The van der Waals surface area contributed by atoms with E-state index in [2.05, 4.69) is 6.92 Å². The van der Waals surface area contributed by atoms with Crippen LogP contribution in [0.5, 0.6) is 0 Å². The van der Waals surface area contributed by atoms with Crippen molar-refractivity contribution in [2.45, 2.75) is 44.6 Å². The zero-order chi connectivity index (χ0) is 14.9. The van der Waals surface area contributed by atoms with Crippen molar-refractivity contribution in [3.05, 3.63) is 29.3 Å². The minimum atomic E-state index is -3.46. The molecule has 0 spiro atoms. The summed E-state index contributed by atoms with van der Waals surface area (Å²) < 4.78 is 27.5. The van der Waals surface area contributed by atoms with E-state index in [1.54, 1.807) is 10.4 Å². The molecule has 1 aliphatic rings. The zero-order valence-corrected chi connectivity index (χ0v) is 13.3. The van der Waals surface area contributed by atoms with Crippen LogP contribution < -0.4 is 5.73 Å². The third kappa shape index (κ3) is 2.75. The van der Waals surface area contributed by atoms with Crippen molar-refractivity contribution in [3.8, 4) is 0 Å². The molecular weight excluding hydrogens is 272 g/mol. The first-order valence-electron chi connectivity index (χ1n) is 7.17. The SMILES string of the molecule is Cc1ccc(C)c(S(=O)(=O)N2CCCC(C)C2CN)c1. The lowest BCUT2D eigenvalue weighted by molar-refractivity contribution is 0.192. The van der Waals surface area contributed by atoms with Crippen LogP contribution in [0.25, 0.3) is 0 Å². The van der Waals surface area contributed by atoms with E-state index in [1.165, 1.54) is 0 Å². The van der Waals surface area contributed by atoms with Gasteiger partial charge in [0.15, 0.2) is 0 Å². The third-order valence-electron chi connectivity index (χ3n) is 4.24. The summed E-state index contributed by atoms with van der Waals surface area (Å²) in [4.78, 5) is 0.421. The number of benzene rings is 1. The van der Waals surface area contributed by atoms with Crippen LogP contribution in [-0.2, 0) is 10.0 Å². The first-order valence-corrected chi connectivity index (χ1v) is 8.61. The van der Waals surface area contributed by atoms with E-state index in [0.29, 0.717) is 23.9 Å². The van der Waals surface area contributed by atoms with Gasteiger partial charge in [0.25, 0.3) is 0 Å². The molecule has 112 valence electrons. The van der Waals surface area contributed by atoms with Gasteiger partial charge in [-0.1, -0.05) is 19.1 Å². The second kappa shape index (κ2) is 5.84. The molecule has 2 rings (SSSR count). The van der Waals surface area contributed by atoms with Gasteiger partial charge in [0.05, 0.1) is 4.90 Å². The van der Waals surface area contributed by atoms with Crippen LogP contribution >= 0.6 is 0 Å². The van der Waals surface area contributed by atoms with Crippen molar-refractivity contribution in [1.82, 2.24) is 4.31 Å². The molecule has 0 amide bonds. The Hall–Kier alpha value is -0.910. The molecule has 1 saturated heterocycles. The number of hydrogen-bond donors (Lipinski definition) is 1. The number of aryl methyl sites for hydroxylation is 2. The summed E-state index contributed by atoms with van der Waals surface area (Å²) in [5, 5.41) is 0. The molecular formula is C15H24N2O2S. The molecule has 1 fully saturated rings. The van der Waals surface area contributed by atoms with Crippen LogP contribution in [0.4, 0.5) is 0 Å². The zero-order valence-electron chi connectivity index (χ0n) is 12.5. The van der Waals surface area contributed by atoms with E-state index in [9.17, 15) is 8.42 Å². The van der Waals surface area contributed by atoms with Gasteiger partial charge in [0.1, 0.15) is 0 Å². The van der Waals surface area contributed by atoms with Gasteiger partial charge in [0, 0.05) is 19.1 Å². The quantitative estimate of drug-likeness (QED) is 0.928. The van der Waals surface area contributed by atoms with Crippen molar-refractivity contribution in [2.24, 2.45) is 11.7 Å². The maximum Gasteiger partial charge on any atom is 0.243 e. The first kappa shape index (κ1) is 15.5. The molecule has 1 heterocycles. The smallest absolute Gasteiger partial charge is 0.243 e. The topological polar surface area (TPSA) is 63.4 Å². The molecule has 0 aromatic heterocycles. The Morgan fingerprint density at radius 3 is 2.70 bits per heavy atom. The molecule has 1 aliphatic heterocycles. The van der Waals surface area contributed by atoms with Gasteiger partial charge in [-0.15, -0.1) is 0 Å². The Kier molecular flexibility index (Phi) is 4.52. The second-order valence-corrected chi connectivity index (χ2v) is 7.67.